The van der Waals surface area contributed by atoms with Crippen molar-refractivity contribution < 1.29 is 9.47 Å². The van der Waals surface area contributed by atoms with Crippen molar-refractivity contribution in [3.05, 3.63) is 29.3 Å². The molecule has 1 unspecified atom stereocenters. The van der Waals surface area contributed by atoms with Gasteiger partial charge in [0.25, 0.3) is 0 Å². The minimum Gasteiger partial charge on any atom is -0.493 e. The van der Waals surface area contributed by atoms with E-state index >= 15 is 0 Å². The Bertz CT molecular complexity index is 491. The van der Waals surface area contributed by atoms with E-state index in [0.29, 0.717) is 17.8 Å². The van der Waals surface area contributed by atoms with E-state index in [1.807, 2.05) is 0 Å². The molecule has 1 rings (SSSR count). The number of rotatable bonds is 12. The molecule has 150 valence electrons. The Morgan fingerprint density at radius 3 is 2.00 bits per heavy atom. The van der Waals surface area contributed by atoms with Crippen molar-refractivity contribution in [1.29, 1.82) is 0 Å². The monoisotopic (exact) mass is 362 g/mol. The Morgan fingerprint density at radius 2 is 1.50 bits per heavy atom. The van der Waals surface area contributed by atoms with Crippen molar-refractivity contribution in [3.63, 3.8) is 0 Å². The molecule has 0 amide bonds. The van der Waals surface area contributed by atoms with E-state index in [4.69, 9.17) is 9.47 Å². The lowest BCUT2D eigenvalue weighted by molar-refractivity contribution is -0.0183. The molecular weight excluding hydrogens is 320 g/mol. The van der Waals surface area contributed by atoms with Gasteiger partial charge in [-0.25, -0.2) is 0 Å². The summed E-state index contributed by atoms with van der Waals surface area (Å²) in [5.74, 6) is 2.78. The van der Waals surface area contributed by atoms with Crippen LogP contribution in [0.3, 0.4) is 0 Å². The minimum atomic E-state index is 0.00728. The maximum atomic E-state index is 6.32. The molecule has 0 aliphatic heterocycles. The molecule has 0 aliphatic rings. The van der Waals surface area contributed by atoms with E-state index in [2.05, 4.69) is 73.6 Å². The van der Waals surface area contributed by atoms with Gasteiger partial charge in [-0.3, -0.25) is 0 Å². The van der Waals surface area contributed by atoms with Crippen molar-refractivity contribution in [3.8, 4) is 5.75 Å². The van der Waals surface area contributed by atoms with Crippen LogP contribution in [0.2, 0.25) is 0 Å². The van der Waals surface area contributed by atoms with Gasteiger partial charge >= 0.3 is 0 Å². The third-order valence-electron chi connectivity index (χ3n) is 5.19. The highest BCUT2D eigenvalue weighted by Gasteiger charge is 2.18. The molecular formula is C24H42O2. The van der Waals surface area contributed by atoms with E-state index in [0.717, 1.165) is 31.8 Å². The molecule has 0 spiro atoms. The van der Waals surface area contributed by atoms with Crippen LogP contribution in [0.1, 0.15) is 104 Å². The van der Waals surface area contributed by atoms with Crippen molar-refractivity contribution in [2.45, 2.75) is 98.5 Å². The molecule has 0 aliphatic carbocycles. The van der Waals surface area contributed by atoms with Gasteiger partial charge in [0.15, 0.2) is 0 Å². The Labute approximate surface area is 162 Å². The summed E-state index contributed by atoms with van der Waals surface area (Å²) >= 11 is 0. The fourth-order valence-corrected chi connectivity index (χ4v) is 3.50. The Hall–Kier alpha value is -1.02. The maximum Gasteiger partial charge on any atom is 0.126 e. The lowest BCUT2D eigenvalue weighted by atomic mass is 9.93. The van der Waals surface area contributed by atoms with Crippen LogP contribution in [0.15, 0.2) is 18.2 Å². The average Bonchev–Trinajstić information content (AvgIpc) is 2.54. The van der Waals surface area contributed by atoms with Crippen molar-refractivity contribution >= 4 is 0 Å². The summed E-state index contributed by atoms with van der Waals surface area (Å²) in [7, 11) is 0. The van der Waals surface area contributed by atoms with Gasteiger partial charge in [0.2, 0.25) is 0 Å². The molecule has 0 fully saturated rings. The molecule has 0 N–H and O–H groups in total. The largest absolute Gasteiger partial charge is 0.493 e. The first-order chi connectivity index (χ1) is 12.2. The molecule has 0 bridgehead atoms. The van der Waals surface area contributed by atoms with Crippen LogP contribution in [-0.4, -0.2) is 18.8 Å². The summed E-state index contributed by atoms with van der Waals surface area (Å²) in [5, 5.41) is 0. The molecule has 1 atom stereocenters. The molecule has 1 aromatic rings. The van der Waals surface area contributed by atoms with Gasteiger partial charge in [0.05, 0.1) is 12.2 Å². The van der Waals surface area contributed by atoms with Crippen LogP contribution in [-0.2, 0) is 4.74 Å². The molecule has 0 heterocycles. The zero-order valence-electron chi connectivity index (χ0n) is 18.5. The standard InChI is InChI=1S/C24H42O2/c1-9-26-24(7,8)16-11-12-20(6)15-17-25-23-21(18(2)3)13-10-14-22(23)19(4)5/h10,13-14,18-20H,9,11-12,15-17H2,1-8H3. The highest BCUT2D eigenvalue weighted by atomic mass is 16.5. The third-order valence-corrected chi connectivity index (χ3v) is 5.19. The summed E-state index contributed by atoms with van der Waals surface area (Å²) in [4.78, 5) is 0. The molecule has 26 heavy (non-hydrogen) atoms. The molecule has 0 aromatic heterocycles. The molecule has 0 saturated heterocycles. The fourth-order valence-electron chi connectivity index (χ4n) is 3.50. The van der Waals surface area contributed by atoms with Crippen LogP contribution in [0.5, 0.6) is 5.75 Å². The minimum absolute atomic E-state index is 0.00728. The van der Waals surface area contributed by atoms with Gasteiger partial charge in [0, 0.05) is 6.61 Å². The highest BCUT2D eigenvalue weighted by molar-refractivity contribution is 5.44. The van der Waals surface area contributed by atoms with Gasteiger partial charge in [-0.05, 0) is 62.5 Å². The SMILES string of the molecule is CCOC(C)(C)CCCC(C)CCOc1c(C(C)C)cccc1C(C)C. The summed E-state index contributed by atoms with van der Waals surface area (Å²) in [6.07, 6.45) is 4.69. The van der Waals surface area contributed by atoms with Crippen LogP contribution in [0.25, 0.3) is 0 Å². The second-order valence-electron chi connectivity index (χ2n) is 8.90. The molecule has 1 aromatic carbocycles. The van der Waals surface area contributed by atoms with Gasteiger partial charge in [0.1, 0.15) is 5.75 Å². The van der Waals surface area contributed by atoms with Gasteiger partial charge in [-0.1, -0.05) is 65.7 Å². The second-order valence-corrected chi connectivity index (χ2v) is 8.90. The summed E-state index contributed by atoms with van der Waals surface area (Å²) in [5.41, 5.74) is 2.68. The van der Waals surface area contributed by atoms with Crippen LogP contribution < -0.4 is 4.74 Å². The first-order valence-corrected chi connectivity index (χ1v) is 10.6. The van der Waals surface area contributed by atoms with Crippen molar-refractivity contribution in [2.24, 2.45) is 5.92 Å². The molecule has 2 heteroatoms. The Balaban J connectivity index is 2.52. The number of hydrogen-bond donors (Lipinski definition) is 0. The predicted molar refractivity (Wildman–Crippen MR) is 113 cm³/mol. The number of para-hydroxylation sites is 1. The van der Waals surface area contributed by atoms with Crippen LogP contribution >= 0.6 is 0 Å². The quantitative estimate of drug-likeness (QED) is 0.387. The van der Waals surface area contributed by atoms with E-state index in [1.165, 1.54) is 24.0 Å². The van der Waals surface area contributed by atoms with Gasteiger partial charge in [-0.2, -0.15) is 0 Å². The maximum absolute atomic E-state index is 6.32. The average molecular weight is 363 g/mol. The Kier molecular flexibility index (Phi) is 9.71. The predicted octanol–water partition coefficient (Wildman–Crippen LogP) is 7.32. The van der Waals surface area contributed by atoms with Crippen LogP contribution in [0.4, 0.5) is 0 Å². The normalized spacial score (nSPS) is 13.5. The first kappa shape index (κ1) is 23.0. The first-order valence-electron chi connectivity index (χ1n) is 10.6. The zero-order chi connectivity index (χ0) is 19.7. The van der Waals surface area contributed by atoms with Gasteiger partial charge < -0.3 is 9.47 Å². The van der Waals surface area contributed by atoms with E-state index in [9.17, 15) is 0 Å². The summed E-state index contributed by atoms with van der Waals surface area (Å²) in [6.45, 7) is 19.4. The number of hydrogen-bond acceptors (Lipinski definition) is 2. The highest BCUT2D eigenvalue weighted by Crippen LogP contribution is 2.34. The zero-order valence-corrected chi connectivity index (χ0v) is 18.5. The number of ether oxygens (including phenoxy) is 2. The van der Waals surface area contributed by atoms with Crippen molar-refractivity contribution in [1.82, 2.24) is 0 Å². The number of benzene rings is 1. The molecule has 0 saturated carbocycles. The van der Waals surface area contributed by atoms with Gasteiger partial charge in [-0.15, -0.1) is 0 Å². The van der Waals surface area contributed by atoms with Crippen LogP contribution in [0, 0.1) is 5.92 Å². The smallest absolute Gasteiger partial charge is 0.126 e. The second kappa shape index (κ2) is 11.0. The summed E-state index contributed by atoms with van der Waals surface area (Å²) in [6, 6.07) is 6.59. The van der Waals surface area contributed by atoms with Crippen molar-refractivity contribution in [2.75, 3.05) is 13.2 Å². The molecule has 2 nitrogen and oxygen atoms in total. The van der Waals surface area contributed by atoms with E-state index < -0.39 is 0 Å². The lowest BCUT2D eigenvalue weighted by Gasteiger charge is -2.25. The lowest BCUT2D eigenvalue weighted by Crippen LogP contribution is -2.24. The van der Waals surface area contributed by atoms with E-state index in [-0.39, 0.29) is 5.60 Å². The topological polar surface area (TPSA) is 18.5 Å². The Morgan fingerprint density at radius 1 is 0.923 bits per heavy atom. The molecule has 0 radical (unpaired) electrons. The fraction of sp³-hybridized carbons (Fsp3) is 0.750. The van der Waals surface area contributed by atoms with E-state index in [1.54, 1.807) is 0 Å². The third kappa shape index (κ3) is 7.70. The summed E-state index contributed by atoms with van der Waals surface area (Å²) < 4.78 is 12.1.